The van der Waals surface area contributed by atoms with Crippen LogP contribution in [0.5, 0.6) is 0 Å². The second-order valence-corrected chi connectivity index (χ2v) is 11.0. The molecule has 0 spiro atoms. The van der Waals surface area contributed by atoms with Crippen molar-refractivity contribution < 1.29 is 28.7 Å². The van der Waals surface area contributed by atoms with Crippen LogP contribution in [0.2, 0.25) is 10.0 Å². The van der Waals surface area contributed by atoms with Gasteiger partial charge in [-0.25, -0.2) is 9.59 Å². The van der Waals surface area contributed by atoms with Crippen LogP contribution in [0, 0.1) is 0 Å². The van der Waals surface area contributed by atoms with Gasteiger partial charge in [-0.2, -0.15) is 0 Å². The topological polar surface area (TPSA) is 114 Å². The molecule has 1 aliphatic heterocycles. The predicted octanol–water partition coefficient (Wildman–Crippen LogP) is 5.24. The van der Waals surface area contributed by atoms with Gasteiger partial charge in [-0.15, -0.1) is 0 Å². The van der Waals surface area contributed by atoms with E-state index < -0.39 is 41.6 Å². The Kier molecular flexibility index (Phi) is 10.2. The Morgan fingerprint density at radius 3 is 2.26 bits per heavy atom. The molecule has 2 N–H and O–H groups in total. The summed E-state index contributed by atoms with van der Waals surface area (Å²) in [5, 5.41) is 5.96. The van der Waals surface area contributed by atoms with Gasteiger partial charge in [0, 0.05) is 18.7 Å². The van der Waals surface area contributed by atoms with Crippen molar-refractivity contribution in [3.63, 3.8) is 0 Å². The maximum atomic E-state index is 13.2. The number of hydrogen-bond donors (Lipinski definition) is 2. The van der Waals surface area contributed by atoms with Crippen LogP contribution in [-0.4, -0.2) is 60.1 Å². The molecule has 0 aromatic heterocycles. The normalized spacial score (nSPS) is 16.2. The molecule has 39 heavy (non-hydrogen) atoms. The van der Waals surface area contributed by atoms with Gasteiger partial charge in [-0.05, 0) is 69.9 Å². The predicted molar refractivity (Wildman–Crippen MR) is 149 cm³/mol. The minimum absolute atomic E-state index is 0.141. The Balaban J connectivity index is 1.68. The van der Waals surface area contributed by atoms with E-state index in [1.807, 2.05) is 0 Å². The summed E-state index contributed by atoms with van der Waals surface area (Å²) in [6.45, 7) is 5.68. The molecule has 1 aliphatic rings. The molecule has 9 nitrogen and oxygen atoms in total. The van der Waals surface area contributed by atoms with Crippen LogP contribution in [0.4, 0.5) is 10.5 Å². The van der Waals surface area contributed by atoms with E-state index in [-0.39, 0.29) is 22.0 Å². The van der Waals surface area contributed by atoms with Gasteiger partial charge >= 0.3 is 12.1 Å². The third-order valence-electron chi connectivity index (χ3n) is 6.08. The fourth-order valence-electron chi connectivity index (χ4n) is 4.21. The highest BCUT2D eigenvalue weighted by Crippen LogP contribution is 2.26. The lowest BCUT2D eigenvalue weighted by Gasteiger charge is -2.36. The lowest BCUT2D eigenvalue weighted by molar-refractivity contribution is -0.145. The number of methoxy groups -OCH3 is 1. The van der Waals surface area contributed by atoms with Gasteiger partial charge in [0.2, 0.25) is 5.91 Å². The largest absolute Gasteiger partial charge is 0.467 e. The van der Waals surface area contributed by atoms with E-state index in [1.165, 1.54) is 12.0 Å². The molecule has 3 amide bonds. The van der Waals surface area contributed by atoms with Gasteiger partial charge in [-0.1, -0.05) is 41.4 Å². The number of rotatable bonds is 7. The number of amides is 3. The zero-order valence-electron chi connectivity index (χ0n) is 22.4. The van der Waals surface area contributed by atoms with E-state index >= 15 is 0 Å². The molecule has 0 aliphatic carbocycles. The van der Waals surface area contributed by atoms with E-state index in [9.17, 15) is 19.2 Å². The van der Waals surface area contributed by atoms with Gasteiger partial charge in [0.05, 0.1) is 22.7 Å². The highest BCUT2D eigenvalue weighted by Gasteiger charge is 2.36. The Labute approximate surface area is 238 Å². The number of nitrogens with zero attached hydrogens (tertiary/aromatic N) is 1. The average Bonchev–Trinajstić information content (AvgIpc) is 2.87. The van der Waals surface area contributed by atoms with E-state index in [0.717, 1.165) is 12.8 Å². The monoisotopic (exact) mass is 577 g/mol. The van der Waals surface area contributed by atoms with Gasteiger partial charge in [0.1, 0.15) is 17.7 Å². The molecule has 2 aromatic carbocycles. The Bertz CT molecular complexity index is 1190. The number of halogens is 2. The zero-order valence-corrected chi connectivity index (χ0v) is 23.9. The fourth-order valence-corrected chi connectivity index (χ4v) is 4.78. The maximum absolute atomic E-state index is 13.2. The first-order valence-electron chi connectivity index (χ1n) is 12.6. The first-order valence-corrected chi connectivity index (χ1v) is 13.4. The van der Waals surface area contributed by atoms with E-state index in [4.69, 9.17) is 32.7 Å². The number of nitrogens with one attached hydrogen (secondary N) is 2. The standard InChI is InChI=1S/C28H33Cl2N3O6/c1-28(2,3)39-27(37)33-15-6-5-10-22(33)24(34)32-21(26(36)38-4)16-17-11-13-18(14-12-17)31-25(35)23-19(29)8-7-9-20(23)30/h7-9,11-14,21-22H,5-6,10,15-16H2,1-4H3,(H,31,35)(H,32,34)/t21-,22?/m0/s1. The van der Waals surface area contributed by atoms with E-state index in [2.05, 4.69) is 10.6 Å². The molecule has 2 atom stereocenters. The van der Waals surface area contributed by atoms with Crippen LogP contribution < -0.4 is 10.6 Å². The molecule has 0 radical (unpaired) electrons. The van der Waals surface area contributed by atoms with Crippen molar-refractivity contribution in [2.24, 2.45) is 0 Å². The van der Waals surface area contributed by atoms with E-state index in [0.29, 0.717) is 24.2 Å². The summed E-state index contributed by atoms with van der Waals surface area (Å²) in [5.74, 6) is -1.52. The van der Waals surface area contributed by atoms with Crippen molar-refractivity contribution >= 4 is 52.8 Å². The van der Waals surface area contributed by atoms with Crippen molar-refractivity contribution in [2.75, 3.05) is 19.0 Å². The molecule has 0 bridgehead atoms. The number of likely N-dealkylation sites (tertiary alicyclic amines) is 1. The molecule has 2 aromatic rings. The third-order valence-corrected chi connectivity index (χ3v) is 6.71. The van der Waals surface area contributed by atoms with E-state index in [1.54, 1.807) is 63.2 Å². The van der Waals surface area contributed by atoms with Gasteiger partial charge in [0.15, 0.2) is 0 Å². The minimum Gasteiger partial charge on any atom is -0.467 e. The number of anilines is 1. The summed E-state index contributed by atoms with van der Waals surface area (Å²) in [6.07, 6.45) is 1.57. The van der Waals surface area contributed by atoms with Crippen LogP contribution in [0.25, 0.3) is 0 Å². The van der Waals surface area contributed by atoms with Gasteiger partial charge in [0.25, 0.3) is 5.91 Å². The second kappa shape index (κ2) is 13.2. The summed E-state index contributed by atoms with van der Waals surface area (Å²) < 4.78 is 10.4. The first-order chi connectivity index (χ1) is 18.4. The van der Waals surface area contributed by atoms with Gasteiger partial charge < -0.3 is 20.1 Å². The van der Waals surface area contributed by atoms with Crippen LogP contribution in [0.3, 0.4) is 0 Å². The molecule has 1 fully saturated rings. The molecule has 11 heteroatoms. The van der Waals surface area contributed by atoms with Crippen molar-refractivity contribution in [1.82, 2.24) is 10.2 Å². The molecular weight excluding hydrogens is 545 g/mol. The molecular formula is C28H33Cl2N3O6. The molecule has 3 rings (SSSR count). The summed E-state index contributed by atoms with van der Waals surface area (Å²) in [6, 6.07) is 9.84. The molecule has 1 unspecified atom stereocenters. The van der Waals surface area contributed by atoms with Crippen LogP contribution in [-0.2, 0) is 25.5 Å². The molecule has 210 valence electrons. The van der Waals surface area contributed by atoms with Crippen molar-refractivity contribution in [3.8, 4) is 0 Å². The maximum Gasteiger partial charge on any atom is 0.410 e. The Hall–Kier alpha value is -3.30. The average molecular weight is 578 g/mol. The summed E-state index contributed by atoms with van der Waals surface area (Å²) in [4.78, 5) is 52.6. The number of esters is 1. The van der Waals surface area contributed by atoms with Gasteiger partial charge in [-0.3, -0.25) is 14.5 Å². The molecule has 1 heterocycles. The Morgan fingerprint density at radius 1 is 1.03 bits per heavy atom. The number of ether oxygens (including phenoxy) is 2. The third kappa shape index (κ3) is 8.34. The number of hydrogen-bond acceptors (Lipinski definition) is 6. The van der Waals surface area contributed by atoms with Crippen molar-refractivity contribution in [2.45, 2.75) is 64.1 Å². The highest BCUT2D eigenvalue weighted by atomic mass is 35.5. The summed E-state index contributed by atoms with van der Waals surface area (Å²) >= 11 is 12.2. The quantitative estimate of drug-likeness (QED) is 0.435. The lowest BCUT2D eigenvalue weighted by atomic mass is 10.0. The minimum atomic E-state index is -0.979. The number of benzene rings is 2. The summed E-state index contributed by atoms with van der Waals surface area (Å²) in [5.41, 5.74) is 0.678. The van der Waals surface area contributed by atoms with Crippen LogP contribution >= 0.6 is 23.2 Å². The Morgan fingerprint density at radius 2 is 1.67 bits per heavy atom. The number of carbonyl (C=O) groups excluding carboxylic acids is 4. The van der Waals surface area contributed by atoms with Crippen LogP contribution in [0.1, 0.15) is 56.0 Å². The first kappa shape index (κ1) is 30.2. The number of piperidine rings is 1. The molecule has 0 saturated carbocycles. The number of carbonyl (C=O) groups is 4. The fraction of sp³-hybridized carbons (Fsp3) is 0.429. The lowest BCUT2D eigenvalue weighted by Crippen LogP contribution is -2.56. The smallest absolute Gasteiger partial charge is 0.410 e. The van der Waals surface area contributed by atoms with Crippen molar-refractivity contribution in [3.05, 3.63) is 63.6 Å². The SMILES string of the molecule is COC(=O)[C@H](Cc1ccc(NC(=O)c2c(Cl)cccc2Cl)cc1)NC(=O)C1CCCCN1C(=O)OC(C)(C)C. The summed E-state index contributed by atoms with van der Waals surface area (Å²) in [7, 11) is 1.24. The highest BCUT2D eigenvalue weighted by molar-refractivity contribution is 6.40. The van der Waals surface area contributed by atoms with Crippen molar-refractivity contribution in [1.29, 1.82) is 0 Å². The molecule has 1 saturated heterocycles. The zero-order chi connectivity index (χ0) is 28.7. The van der Waals surface area contributed by atoms with Crippen LogP contribution in [0.15, 0.2) is 42.5 Å². The second-order valence-electron chi connectivity index (χ2n) is 10.2.